The molecule has 0 unspecified atom stereocenters. The van der Waals surface area contributed by atoms with Gasteiger partial charge in [-0.1, -0.05) is 11.6 Å². The van der Waals surface area contributed by atoms with Gasteiger partial charge in [-0.05, 0) is 17.7 Å². The van der Waals surface area contributed by atoms with Gasteiger partial charge in [0.1, 0.15) is 0 Å². The Labute approximate surface area is 92.8 Å². The molecule has 1 aliphatic heterocycles. The maximum absolute atomic E-state index is 6.04. The van der Waals surface area contributed by atoms with Gasteiger partial charge in [-0.15, -0.1) is 0 Å². The van der Waals surface area contributed by atoms with Crippen LogP contribution in [0.5, 0.6) is 11.5 Å². The number of benzene rings is 1. The zero-order valence-corrected chi connectivity index (χ0v) is 9.30. The van der Waals surface area contributed by atoms with Crippen molar-refractivity contribution in [2.45, 2.75) is 26.2 Å². The first-order chi connectivity index (χ1) is 7.02. The molecular formula is C10H12ClNO3. The SMILES string of the molecule is CC1(C)Oc2cc(CON)cc(Cl)c2O1. The number of hydrogen-bond donors (Lipinski definition) is 1. The van der Waals surface area contributed by atoms with Gasteiger partial charge >= 0.3 is 0 Å². The summed E-state index contributed by atoms with van der Waals surface area (Å²) in [4.78, 5) is 4.54. The van der Waals surface area contributed by atoms with E-state index in [1.54, 1.807) is 6.07 Å². The first-order valence-corrected chi connectivity index (χ1v) is 4.92. The highest BCUT2D eigenvalue weighted by atomic mass is 35.5. The fraction of sp³-hybridized carbons (Fsp3) is 0.400. The Kier molecular flexibility index (Phi) is 2.50. The van der Waals surface area contributed by atoms with Gasteiger partial charge in [-0.25, -0.2) is 5.90 Å². The highest BCUT2D eigenvalue weighted by molar-refractivity contribution is 6.32. The summed E-state index contributed by atoms with van der Waals surface area (Å²) in [5.74, 6) is 5.52. The van der Waals surface area contributed by atoms with Crippen molar-refractivity contribution in [3.8, 4) is 11.5 Å². The number of hydrogen-bond acceptors (Lipinski definition) is 4. The van der Waals surface area contributed by atoms with E-state index < -0.39 is 5.79 Å². The summed E-state index contributed by atoms with van der Waals surface area (Å²) in [7, 11) is 0. The first kappa shape index (κ1) is 10.5. The maximum Gasteiger partial charge on any atom is 0.246 e. The Morgan fingerprint density at radius 3 is 2.80 bits per heavy atom. The summed E-state index contributed by atoms with van der Waals surface area (Å²) in [6.07, 6.45) is 0. The van der Waals surface area contributed by atoms with Crippen LogP contribution in [0.1, 0.15) is 19.4 Å². The van der Waals surface area contributed by atoms with Crippen molar-refractivity contribution in [1.29, 1.82) is 0 Å². The van der Waals surface area contributed by atoms with Gasteiger partial charge in [0.2, 0.25) is 5.79 Å². The van der Waals surface area contributed by atoms with Crippen LogP contribution < -0.4 is 15.4 Å². The van der Waals surface area contributed by atoms with Crippen molar-refractivity contribution in [2.75, 3.05) is 0 Å². The van der Waals surface area contributed by atoms with Crippen LogP contribution in [0.2, 0.25) is 5.02 Å². The Morgan fingerprint density at radius 1 is 1.40 bits per heavy atom. The van der Waals surface area contributed by atoms with Gasteiger partial charge in [0.05, 0.1) is 11.6 Å². The molecule has 2 N–H and O–H groups in total. The van der Waals surface area contributed by atoms with Crippen LogP contribution in [0.15, 0.2) is 12.1 Å². The molecule has 0 amide bonds. The number of rotatable bonds is 2. The summed E-state index contributed by atoms with van der Waals surface area (Å²) in [6, 6.07) is 3.56. The molecule has 0 fully saturated rings. The fourth-order valence-electron chi connectivity index (χ4n) is 1.51. The molecule has 0 saturated heterocycles. The predicted molar refractivity (Wildman–Crippen MR) is 55.8 cm³/mol. The lowest BCUT2D eigenvalue weighted by Crippen LogP contribution is -2.29. The molecule has 1 heterocycles. The maximum atomic E-state index is 6.04. The molecule has 1 aromatic carbocycles. The summed E-state index contributed by atoms with van der Waals surface area (Å²) >= 11 is 6.04. The van der Waals surface area contributed by atoms with Gasteiger partial charge in [-0.3, -0.25) is 4.84 Å². The Bertz CT molecular complexity index is 392. The highest BCUT2D eigenvalue weighted by Gasteiger charge is 2.33. The quantitative estimate of drug-likeness (QED) is 0.791. The normalized spacial score (nSPS) is 16.8. The van der Waals surface area contributed by atoms with E-state index >= 15 is 0 Å². The highest BCUT2D eigenvalue weighted by Crippen LogP contribution is 2.44. The lowest BCUT2D eigenvalue weighted by molar-refractivity contribution is -0.0431. The monoisotopic (exact) mass is 229 g/mol. The summed E-state index contributed by atoms with van der Waals surface area (Å²) in [6.45, 7) is 3.93. The second-order valence-corrected chi connectivity index (χ2v) is 4.23. The Hall–Kier alpha value is -0.970. The van der Waals surface area contributed by atoms with Crippen molar-refractivity contribution in [1.82, 2.24) is 0 Å². The van der Waals surface area contributed by atoms with Gasteiger partial charge in [0.15, 0.2) is 11.5 Å². The summed E-state index contributed by atoms with van der Waals surface area (Å²) in [5, 5.41) is 0.505. The minimum absolute atomic E-state index is 0.288. The Morgan fingerprint density at radius 2 is 2.13 bits per heavy atom. The molecule has 4 nitrogen and oxygen atoms in total. The summed E-state index contributed by atoms with van der Waals surface area (Å²) in [5.41, 5.74) is 0.850. The smallest absolute Gasteiger partial charge is 0.246 e. The average molecular weight is 230 g/mol. The van der Waals surface area contributed by atoms with E-state index in [2.05, 4.69) is 4.84 Å². The van der Waals surface area contributed by atoms with E-state index in [1.165, 1.54) is 0 Å². The van der Waals surface area contributed by atoms with Crippen LogP contribution in [0.3, 0.4) is 0 Å². The molecule has 1 aromatic rings. The number of fused-ring (bicyclic) bond motifs is 1. The average Bonchev–Trinajstić information content (AvgIpc) is 2.41. The Balaban J connectivity index is 2.38. The second kappa shape index (κ2) is 3.56. The van der Waals surface area contributed by atoms with Gasteiger partial charge in [0.25, 0.3) is 0 Å². The third-order valence-corrected chi connectivity index (χ3v) is 2.30. The van der Waals surface area contributed by atoms with Gasteiger partial charge in [0, 0.05) is 13.8 Å². The standard InChI is InChI=1S/C10H12ClNO3/c1-10(2)14-8-4-6(5-13-12)3-7(11)9(8)15-10/h3-4H,5,12H2,1-2H3. The molecule has 0 spiro atoms. The van der Waals surface area contributed by atoms with Crippen molar-refractivity contribution < 1.29 is 14.3 Å². The van der Waals surface area contributed by atoms with Crippen LogP contribution in [0.4, 0.5) is 0 Å². The molecule has 0 aliphatic carbocycles. The van der Waals surface area contributed by atoms with Crippen molar-refractivity contribution >= 4 is 11.6 Å². The van der Waals surface area contributed by atoms with E-state index in [-0.39, 0.29) is 6.61 Å². The predicted octanol–water partition coefficient (Wildman–Crippen LogP) is 2.24. The molecule has 82 valence electrons. The second-order valence-electron chi connectivity index (χ2n) is 3.82. The van der Waals surface area contributed by atoms with E-state index in [1.807, 2.05) is 19.9 Å². The van der Waals surface area contributed by atoms with E-state index in [0.717, 1.165) is 5.56 Å². The lowest BCUT2D eigenvalue weighted by Gasteiger charge is -2.16. The molecule has 0 bridgehead atoms. The molecule has 2 rings (SSSR count). The van der Waals surface area contributed by atoms with E-state index in [0.29, 0.717) is 16.5 Å². The number of nitrogens with two attached hydrogens (primary N) is 1. The first-order valence-electron chi connectivity index (χ1n) is 4.54. The van der Waals surface area contributed by atoms with Crippen molar-refractivity contribution in [2.24, 2.45) is 5.90 Å². The largest absolute Gasteiger partial charge is 0.449 e. The molecule has 0 saturated carbocycles. The molecule has 15 heavy (non-hydrogen) atoms. The van der Waals surface area contributed by atoms with Crippen molar-refractivity contribution in [3.05, 3.63) is 22.7 Å². The molecule has 0 radical (unpaired) electrons. The molecule has 1 aliphatic rings. The van der Waals surface area contributed by atoms with Crippen LogP contribution in [-0.4, -0.2) is 5.79 Å². The minimum atomic E-state index is -0.672. The lowest BCUT2D eigenvalue weighted by atomic mass is 10.2. The van der Waals surface area contributed by atoms with Gasteiger partial charge < -0.3 is 9.47 Å². The zero-order chi connectivity index (χ0) is 11.1. The third kappa shape index (κ3) is 2.02. The fourth-order valence-corrected chi connectivity index (χ4v) is 1.78. The van der Waals surface area contributed by atoms with Crippen LogP contribution >= 0.6 is 11.6 Å². The topological polar surface area (TPSA) is 53.7 Å². The third-order valence-electron chi connectivity index (χ3n) is 2.02. The summed E-state index contributed by atoms with van der Waals surface area (Å²) < 4.78 is 11.1. The van der Waals surface area contributed by atoms with Crippen molar-refractivity contribution in [3.63, 3.8) is 0 Å². The molecular weight excluding hydrogens is 218 g/mol. The molecule has 5 heteroatoms. The van der Waals surface area contributed by atoms with E-state index in [9.17, 15) is 0 Å². The minimum Gasteiger partial charge on any atom is -0.449 e. The van der Waals surface area contributed by atoms with Crippen LogP contribution in [-0.2, 0) is 11.4 Å². The zero-order valence-electron chi connectivity index (χ0n) is 8.54. The number of ether oxygens (including phenoxy) is 2. The molecule has 0 aromatic heterocycles. The van der Waals surface area contributed by atoms with Crippen LogP contribution in [0.25, 0.3) is 0 Å². The van der Waals surface area contributed by atoms with Gasteiger partial charge in [-0.2, -0.15) is 0 Å². The molecule has 0 atom stereocenters. The number of halogens is 1. The van der Waals surface area contributed by atoms with Crippen LogP contribution in [0, 0.1) is 0 Å². The van der Waals surface area contributed by atoms with E-state index in [4.69, 9.17) is 27.0 Å².